The second-order valence-corrected chi connectivity index (χ2v) is 11.8. The number of aryl methyl sites for hydroxylation is 1. The van der Waals surface area contributed by atoms with E-state index in [-0.39, 0.29) is 26.6 Å². The van der Waals surface area contributed by atoms with Gasteiger partial charge in [0.1, 0.15) is 0 Å². The summed E-state index contributed by atoms with van der Waals surface area (Å²) in [6.07, 6.45) is 4.01. The first-order valence-electron chi connectivity index (χ1n) is 10.8. The van der Waals surface area contributed by atoms with Crippen LogP contribution in [0.5, 0.6) is 0 Å². The molecule has 2 aromatic carbocycles. The van der Waals surface area contributed by atoms with E-state index in [2.05, 4.69) is 9.71 Å². The van der Waals surface area contributed by atoms with Crippen LogP contribution >= 0.6 is 0 Å². The number of hydrogen-bond acceptors (Lipinski definition) is 6. The number of nitrogens with one attached hydrogen (secondary N) is 1. The molecule has 2 heterocycles. The van der Waals surface area contributed by atoms with E-state index in [0.29, 0.717) is 37.1 Å². The third-order valence-electron chi connectivity index (χ3n) is 5.83. The molecule has 10 heteroatoms. The number of pyridine rings is 1. The van der Waals surface area contributed by atoms with E-state index in [0.717, 1.165) is 0 Å². The first-order chi connectivity index (χ1) is 16.2. The van der Waals surface area contributed by atoms with Gasteiger partial charge in [0.2, 0.25) is 19.9 Å². The number of nitrogens with zero attached hydrogens (tertiary/aromatic N) is 2. The van der Waals surface area contributed by atoms with Gasteiger partial charge in [0.25, 0.3) is 5.91 Å². The van der Waals surface area contributed by atoms with Crippen molar-refractivity contribution in [2.75, 3.05) is 13.1 Å². The standard InChI is InChI=1S/C24H25N3O5S2/c1-18-9-10-22(33(29,30)21-7-3-2-4-8-21)16-23(18)34(31,32)26-20-11-14-27(15-12-20)24(28)19-6-5-13-25-17-19/h2-10,13,16-17,20,26H,11-12,14-15H2,1H3. The molecule has 1 amide bonds. The number of carbonyl (C=O) groups excluding carboxylic acids is 1. The fourth-order valence-corrected chi connectivity index (χ4v) is 6.89. The number of likely N-dealkylation sites (tertiary alicyclic amines) is 1. The maximum atomic E-state index is 13.2. The van der Waals surface area contributed by atoms with Crippen molar-refractivity contribution in [2.45, 2.75) is 40.5 Å². The summed E-state index contributed by atoms with van der Waals surface area (Å²) in [4.78, 5) is 18.2. The Morgan fingerprint density at radius 3 is 2.29 bits per heavy atom. The summed E-state index contributed by atoms with van der Waals surface area (Å²) in [5.74, 6) is -0.135. The van der Waals surface area contributed by atoms with Gasteiger partial charge < -0.3 is 4.90 Å². The Morgan fingerprint density at radius 2 is 1.65 bits per heavy atom. The Labute approximate surface area is 199 Å². The topological polar surface area (TPSA) is 114 Å². The minimum atomic E-state index is -3.97. The molecule has 0 unspecified atom stereocenters. The van der Waals surface area contributed by atoms with Gasteiger partial charge in [0, 0.05) is 31.5 Å². The number of benzene rings is 2. The quantitative estimate of drug-likeness (QED) is 0.558. The number of piperidine rings is 1. The smallest absolute Gasteiger partial charge is 0.255 e. The van der Waals surface area contributed by atoms with E-state index >= 15 is 0 Å². The predicted octanol–water partition coefficient (Wildman–Crippen LogP) is 2.81. The fraction of sp³-hybridized carbons (Fsp3) is 0.250. The van der Waals surface area contributed by atoms with Crippen molar-refractivity contribution in [3.63, 3.8) is 0 Å². The van der Waals surface area contributed by atoms with Crippen LogP contribution in [0.3, 0.4) is 0 Å². The molecule has 8 nitrogen and oxygen atoms in total. The van der Waals surface area contributed by atoms with Gasteiger partial charge in [-0.1, -0.05) is 24.3 Å². The molecule has 34 heavy (non-hydrogen) atoms. The van der Waals surface area contributed by atoms with Crippen LogP contribution in [0.25, 0.3) is 0 Å². The molecular weight excluding hydrogens is 474 g/mol. The highest BCUT2D eigenvalue weighted by atomic mass is 32.2. The highest BCUT2D eigenvalue weighted by Gasteiger charge is 2.29. The number of amides is 1. The normalized spacial score (nSPS) is 15.3. The summed E-state index contributed by atoms with van der Waals surface area (Å²) >= 11 is 0. The Morgan fingerprint density at radius 1 is 0.941 bits per heavy atom. The van der Waals surface area contributed by atoms with Crippen molar-refractivity contribution < 1.29 is 21.6 Å². The summed E-state index contributed by atoms with van der Waals surface area (Å²) in [6, 6.07) is 15.0. The minimum absolute atomic E-state index is 0.0710. The molecule has 0 radical (unpaired) electrons. The zero-order valence-corrected chi connectivity index (χ0v) is 20.2. The van der Waals surface area contributed by atoms with Gasteiger partial charge in [-0.2, -0.15) is 0 Å². The molecule has 1 aliphatic heterocycles. The van der Waals surface area contributed by atoms with Crippen LogP contribution in [-0.4, -0.2) is 51.8 Å². The van der Waals surface area contributed by atoms with Gasteiger partial charge in [0.05, 0.1) is 20.2 Å². The van der Waals surface area contributed by atoms with Crippen molar-refractivity contribution in [1.29, 1.82) is 0 Å². The van der Waals surface area contributed by atoms with Gasteiger partial charge in [-0.15, -0.1) is 0 Å². The number of sulfone groups is 1. The average molecular weight is 500 g/mol. The zero-order chi connectivity index (χ0) is 24.3. The molecule has 1 aromatic heterocycles. The van der Waals surface area contributed by atoms with Crippen LogP contribution in [0.4, 0.5) is 0 Å². The number of hydrogen-bond donors (Lipinski definition) is 1. The lowest BCUT2D eigenvalue weighted by Crippen LogP contribution is -2.46. The highest BCUT2D eigenvalue weighted by molar-refractivity contribution is 7.91. The molecule has 1 saturated heterocycles. The molecule has 0 saturated carbocycles. The van der Waals surface area contributed by atoms with Crippen molar-refractivity contribution in [2.24, 2.45) is 0 Å². The molecular formula is C24H25N3O5S2. The van der Waals surface area contributed by atoms with Crippen molar-refractivity contribution in [3.8, 4) is 0 Å². The first kappa shape index (κ1) is 24.1. The zero-order valence-electron chi connectivity index (χ0n) is 18.6. The van der Waals surface area contributed by atoms with Gasteiger partial charge in [-0.05, 0) is 61.7 Å². The number of sulfonamides is 1. The van der Waals surface area contributed by atoms with Crippen LogP contribution in [0.1, 0.15) is 28.8 Å². The van der Waals surface area contributed by atoms with Crippen molar-refractivity contribution in [3.05, 3.63) is 84.2 Å². The molecule has 0 spiro atoms. The molecule has 1 fully saturated rings. The summed E-state index contributed by atoms with van der Waals surface area (Å²) in [5.41, 5.74) is 0.942. The SMILES string of the molecule is Cc1ccc(S(=O)(=O)c2ccccc2)cc1S(=O)(=O)NC1CCN(C(=O)c2cccnc2)CC1. The van der Waals surface area contributed by atoms with E-state index in [9.17, 15) is 21.6 Å². The molecule has 1 aliphatic rings. The predicted molar refractivity (Wildman–Crippen MR) is 127 cm³/mol. The molecule has 178 valence electrons. The second-order valence-electron chi connectivity index (χ2n) is 8.17. The van der Waals surface area contributed by atoms with Crippen molar-refractivity contribution >= 4 is 25.8 Å². The summed E-state index contributed by atoms with van der Waals surface area (Å²) in [7, 11) is -7.83. The maximum Gasteiger partial charge on any atom is 0.255 e. The number of aromatic nitrogens is 1. The van der Waals surface area contributed by atoms with Crippen molar-refractivity contribution in [1.82, 2.24) is 14.6 Å². The largest absolute Gasteiger partial charge is 0.338 e. The minimum Gasteiger partial charge on any atom is -0.338 e. The monoisotopic (exact) mass is 499 g/mol. The Balaban J connectivity index is 1.49. The second kappa shape index (κ2) is 9.65. The third kappa shape index (κ3) is 5.03. The lowest BCUT2D eigenvalue weighted by Gasteiger charge is -2.32. The van der Waals surface area contributed by atoms with E-state index < -0.39 is 19.9 Å². The van der Waals surface area contributed by atoms with E-state index in [1.54, 1.807) is 48.4 Å². The van der Waals surface area contributed by atoms with Crippen LogP contribution in [0.15, 0.2) is 87.7 Å². The molecule has 0 atom stereocenters. The highest BCUT2D eigenvalue weighted by Crippen LogP contribution is 2.26. The lowest BCUT2D eigenvalue weighted by atomic mass is 10.1. The maximum absolute atomic E-state index is 13.2. The van der Waals surface area contributed by atoms with E-state index in [4.69, 9.17) is 0 Å². The van der Waals surface area contributed by atoms with Gasteiger partial charge in [-0.3, -0.25) is 9.78 Å². The summed E-state index contributed by atoms with van der Waals surface area (Å²) in [6.45, 7) is 2.44. The van der Waals surface area contributed by atoms with Gasteiger partial charge in [0.15, 0.2) is 0 Å². The summed E-state index contributed by atoms with van der Waals surface area (Å²) < 4.78 is 55.0. The fourth-order valence-electron chi connectivity index (χ4n) is 3.93. The average Bonchev–Trinajstić information content (AvgIpc) is 2.85. The Bertz CT molecular complexity index is 1390. The van der Waals surface area contributed by atoms with Crippen LogP contribution in [-0.2, 0) is 19.9 Å². The Hall–Kier alpha value is -3.08. The van der Waals surface area contributed by atoms with E-state index in [1.807, 2.05) is 0 Å². The molecule has 3 aromatic rings. The molecule has 4 rings (SSSR count). The Kier molecular flexibility index (Phi) is 6.83. The third-order valence-corrected chi connectivity index (χ3v) is 9.26. The summed E-state index contributed by atoms with van der Waals surface area (Å²) in [5, 5.41) is 0. The number of carbonyl (C=O) groups is 1. The van der Waals surface area contributed by atoms with Crippen LogP contribution in [0.2, 0.25) is 0 Å². The van der Waals surface area contributed by atoms with Crippen LogP contribution in [0, 0.1) is 6.92 Å². The molecule has 0 aliphatic carbocycles. The molecule has 1 N–H and O–H groups in total. The van der Waals surface area contributed by atoms with Gasteiger partial charge in [-0.25, -0.2) is 21.6 Å². The lowest BCUT2D eigenvalue weighted by molar-refractivity contribution is 0.0711. The van der Waals surface area contributed by atoms with E-state index in [1.165, 1.54) is 36.5 Å². The molecule has 0 bridgehead atoms. The first-order valence-corrected chi connectivity index (χ1v) is 13.8. The van der Waals surface area contributed by atoms with Gasteiger partial charge >= 0.3 is 0 Å². The number of rotatable bonds is 6. The van der Waals surface area contributed by atoms with Crippen LogP contribution < -0.4 is 4.72 Å².